The second-order valence-corrected chi connectivity index (χ2v) is 7.42. The van der Waals surface area contributed by atoms with Gasteiger partial charge in [-0.05, 0) is 43.3 Å². The van der Waals surface area contributed by atoms with E-state index in [0.717, 1.165) is 11.4 Å². The fraction of sp³-hybridized carbons (Fsp3) is 0.227. The van der Waals surface area contributed by atoms with Crippen molar-refractivity contribution in [2.75, 3.05) is 26.2 Å². The first kappa shape index (κ1) is 19.2. The normalized spacial score (nSPS) is 14.1. The number of piperazine rings is 1. The molecule has 148 valence electrons. The number of hydrogen-bond donors (Lipinski definition) is 0. The molecule has 1 fully saturated rings. The van der Waals surface area contributed by atoms with Gasteiger partial charge in [-0.1, -0.05) is 29.8 Å². The molecule has 1 aliphatic heterocycles. The second-order valence-electron chi connectivity index (χ2n) is 6.98. The largest absolute Gasteiger partial charge is 0.335 e. The van der Waals surface area contributed by atoms with E-state index in [9.17, 15) is 9.59 Å². The molecule has 0 atom stereocenters. The minimum absolute atomic E-state index is 0.00411. The lowest BCUT2D eigenvalue weighted by Crippen LogP contribution is -2.50. The maximum Gasteiger partial charge on any atom is 0.257 e. The number of carbonyl (C=O) groups excluding carboxylic acids is 2. The number of carbonyl (C=O) groups is 2. The van der Waals surface area contributed by atoms with Gasteiger partial charge in [-0.3, -0.25) is 9.59 Å². The lowest BCUT2D eigenvalue weighted by atomic mass is 10.1. The highest BCUT2D eigenvalue weighted by molar-refractivity contribution is 6.30. The maximum absolute atomic E-state index is 13.0. The number of nitrogens with zero attached hydrogens (tertiary/aromatic N) is 4. The molecule has 0 radical (unpaired) electrons. The van der Waals surface area contributed by atoms with Crippen LogP contribution in [0.5, 0.6) is 0 Å². The van der Waals surface area contributed by atoms with Crippen molar-refractivity contribution >= 4 is 23.4 Å². The molecule has 0 aliphatic carbocycles. The standard InChI is InChI=1S/C22H21ClN4O2/c1-16-20(15-24-27(16)19-9-7-18(23)8-10-19)22(29)26-13-11-25(12-14-26)21(28)17-5-3-2-4-6-17/h2-10,15H,11-14H2,1H3. The van der Waals surface area contributed by atoms with E-state index in [1.165, 1.54) is 0 Å². The van der Waals surface area contributed by atoms with Crippen molar-refractivity contribution in [3.8, 4) is 5.69 Å². The van der Waals surface area contributed by atoms with Gasteiger partial charge in [0.15, 0.2) is 0 Å². The van der Waals surface area contributed by atoms with Crippen LogP contribution in [0.3, 0.4) is 0 Å². The van der Waals surface area contributed by atoms with Crippen LogP contribution in [-0.4, -0.2) is 57.6 Å². The van der Waals surface area contributed by atoms with Crippen molar-refractivity contribution in [1.82, 2.24) is 19.6 Å². The molecule has 1 saturated heterocycles. The molecule has 1 aromatic heterocycles. The zero-order valence-corrected chi connectivity index (χ0v) is 16.8. The maximum atomic E-state index is 13.0. The second kappa shape index (κ2) is 8.09. The van der Waals surface area contributed by atoms with E-state index < -0.39 is 0 Å². The first-order chi connectivity index (χ1) is 14.0. The number of rotatable bonds is 3. The molecule has 0 N–H and O–H groups in total. The van der Waals surface area contributed by atoms with Crippen LogP contribution in [0.25, 0.3) is 5.69 Å². The Labute approximate surface area is 174 Å². The highest BCUT2D eigenvalue weighted by atomic mass is 35.5. The summed E-state index contributed by atoms with van der Waals surface area (Å²) < 4.78 is 1.73. The molecule has 1 aliphatic rings. The van der Waals surface area contributed by atoms with Crippen molar-refractivity contribution in [2.45, 2.75) is 6.92 Å². The average Bonchev–Trinajstić information content (AvgIpc) is 3.15. The summed E-state index contributed by atoms with van der Waals surface area (Å²) in [5.74, 6) is -0.0565. The van der Waals surface area contributed by atoms with Gasteiger partial charge < -0.3 is 9.80 Å². The summed E-state index contributed by atoms with van der Waals surface area (Å²) in [7, 11) is 0. The summed E-state index contributed by atoms with van der Waals surface area (Å²) in [6.07, 6.45) is 1.60. The fourth-order valence-corrected chi connectivity index (χ4v) is 3.63. The highest BCUT2D eigenvalue weighted by Gasteiger charge is 2.27. The van der Waals surface area contributed by atoms with Crippen LogP contribution in [-0.2, 0) is 0 Å². The lowest BCUT2D eigenvalue weighted by Gasteiger charge is -2.34. The Hall–Kier alpha value is -3.12. The molecule has 4 rings (SSSR count). The van der Waals surface area contributed by atoms with E-state index >= 15 is 0 Å². The van der Waals surface area contributed by atoms with E-state index in [0.29, 0.717) is 42.3 Å². The molecule has 7 heteroatoms. The van der Waals surface area contributed by atoms with Gasteiger partial charge in [0.1, 0.15) is 0 Å². The van der Waals surface area contributed by atoms with E-state index in [1.807, 2.05) is 49.4 Å². The zero-order chi connectivity index (χ0) is 20.4. The Morgan fingerprint density at radius 1 is 0.862 bits per heavy atom. The Balaban J connectivity index is 1.44. The lowest BCUT2D eigenvalue weighted by molar-refractivity contribution is 0.0535. The van der Waals surface area contributed by atoms with E-state index in [4.69, 9.17) is 11.6 Å². The topological polar surface area (TPSA) is 58.4 Å². The molecule has 0 bridgehead atoms. The summed E-state index contributed by atoms with van der Waals surface area (Å²) in [6, 6.07) is 16.5. The van der Waals surface area contributed by atoms with Gasteiger partial charge in [-0.15, -0.1) is 0 Å². The minimum atomic E-state index is -0.0606. The van der Waals surface area contributed by atoms with Crippen LogP contribution >= 0.6 is 11.6 Å². The molecular weight excluding hydrogens is 388 g/mol. The highest BCUT2D eigenvalue weighted by Crippen LogP contribution is 2.19. The monoisotopic (exact) mass is 408 g/mol. The molecule has 2 heterocycles. The molecule has 2 amide bonds. The molecular formula is C22H21ClN4O2. The number of amides is 2. The number of halogens is 1. The van der Waals surface area contributed by atoms with Crippen molar-refractivity contribution < 1.29 is 9.59 Å². The van der Waals surface area contributed by atoms with Crippen LogP contribution in [0.4, 0.5) is 0 Å². The van der Waals surface area contributed by atoms with Crippen LogP contribution in [0.2, 0.25) is 5.02 Å². The fourth-order valence-electron chi connectivity index (χ4n) is 3.51. The van der Waals surface area contributed by atoms with Crippen LogP contribution in [0, 0.1) is 6.92 Å². The summed E-state index contributed by atoms with van der Waals surface area (Å²) in [6.45, 7) is 3.92. The van der Waals surface area contributed by atoms with Crippen LogP contribution < -0.4 is 0 Å². The minimum Gasteiger partial charge on any atom is -0.335 e. The van der Waals surface area contributed by atoms with Crippen molar-refractivity contribution in [1.29, 1.82) is 0 Å². The van der Waals surface area contributed by atoms with Gasteiger partial charge in [0.05, 0.1) is 23.1 Å². The van der Waals surface area contributed by atoms with Gasteiger partial charge in [0.25, 0.3) is 11.8 Å². The number of aromatic nitrogens is 2. The summed E-state index contributed by atoms with van der Waals surface area (Å²) in [4.78, 5) is 29.2. The molecule has 0 saturated carbocycles. The Bertz CT molecular complexity index is 1020. The van der Waals surface area contributed by atoms with Gasteiger partial charge in [0.2, 0.25) is 0 Å². The van der Waals surface area contributed by atoms with Gasteiger partial charge in [-0.2, -0.15) is 5.10 Å². The zero-order valence-electron chi connectivity index (χ0n) is 16.1. The molecule has 29 heavy (non-hydrogen) atoms. The average molecular weight is 409 g/mol. The van der Waals surface area contributed by atoms with Gasteiger partial charge >= 0.3 is 0 Å². The molecule has 6 nitrogen and oxygen atoms in total. The van der Waals surface area contributed by atoms with Gasteiger partial charge in [0, 0.05) is 36.8 Å². The summed E-state index contributed by atoms with van der Waals surface area (Å²) in [5.41, 5.74) is 2.87. The summed E-state index contributed by atoms with van der Waals surface area (Å²) in [5, 5.41) is 5.03. The number of hydrogen-bond acceptors (Lipinski definition) is 3. The third-order valence-electron chi connectivity index (χ3n) is 5.19. The van der Waals surface area contributed by atoms with Crippen molar-refractivity contribution in [3.05, 3.63) is 82.6 Å². The van der Waals surface area contributed by atoms with Crippen molar-refractivity contribution in [3.63, 3.8) is 0 Å². The Morgan fingerprint density at radius 3 is 2.07 bits per heavy atom. The first-order valence-corrected chi connectivity index (χ1v) is 9.86. The summed E-state index contributed by atoms with van der Waals surface area (Å²) >= 11 is 5.95. The third kappa shape index (κ3) is 3.89. The Morgan fingerprint density at radius 2 is 1.45 bits per heavy atom. The predicted molar refractivity (Wildman–Crippen MR) is 112 cm³/mol. The smallest absolute Gasteiger partial charge is 0.257 e. The van der Waals surface area contributed by atoms with Crippen molar-refractivity contribution in [2.24, 2.45) is 0 Å². The van der Waals surface area contributed by atoms with E-state index in [-0.39, 0.29) is 11.8 Å². The van der Waals surface area contributed by atoms with Gasteiger partial charge in [-0.25, -0.2) is 4.68 Å². The van der Waals surface area contributed by atoms with Crippen LogP contribution in [0.15, 0.2) is 60.8 Å². The molecule has 0 spiro atoms. The Kier molecular flexibility index (Phi) is 5.36. The molecule has 3 aromatic rings. The van der Waals surface area contributed by atoms with Crippen LogP contribution in [0.1, 0.15) is 26.4 Å². The predicted octanol–water partition coefficient (Wildman–Crippen LogP) is 3.43. The molecule has 2 aromatic carbocycles. The quantitative estimate of drug-likeness (QED) is 0.667. The van der Waals surface area contributed by atoms with E-state index in [1.54, 1.807) is 32.8 Å². The van der Waals surface area contributed by atoms with E-state index in [2.05, 4.69) is 5.10 Å². The number of benzene rings is 2. The third-order valence-corrected chi connectivity index (χ3v) is 5.44. The molecule has 0 unspecified atom stereocenters. The SMILES string of the molecule is Cc1c(C(=O)N2CCN(C(=O)c3ccccc3)CC2)cnn1-c1ccc(Cl)cc1. The first-order valence-electron chi connectivity index (χ1n) is 9.49.